The molecule has 0 saturated heterocycles. The van der Waals surface area contributed by atoms with Crippen LogP contribution in [0.1, 0.15) is 34.6 Å². The molecule has 0 unspecified atom stereocenters. The first-order chi connectivity index (χ1) is 11.9. The molecule has 0 heterocycles. The number of hydrogen-bond acceptors (Lipinski definition) is 4. The highest BCUT2D eigenvalue weighted by atomic mass is 16.4. The van der Waals surface area contributed by atoms with Crippen molar-refractivity contribution in [3.63, 3.8) is 0 Å². The third-order valence-electron chi connectivity index (χ3n) is 3.36. The number of amides is 2. The number of carbonyl (C=O) groups excluding carboxylic acids is 3. The minimum Gasteiger partial charge on any atom is -0.545 e. The zero-order chi connectivity index (χ0) is 18.4. The molecular formula is C19H17N2O4-. The number of hydrogen-bond donors (Lipinski definition) is 2. The number of nitrogens with one attached hydrogen (secondary N) is 2. The molecule has 6 nitrogen and oxygen atoms in total. The number of carbonyl (C=O) groups is 3. The van der Waals surface area contributed by atoms with E-state index in [0.717, 1.165) is 0 Å². The molecule has 25 heavy (non-hydrogen) atoms. The SMILES string of the molecule is CC(C)=C(NC(=O)c1ccccc1)C(=O)Nc1cccc(C(=O)[O-])c1. The molecule has 2 rings (SSSR count). The second kappa shape index (κ2) is 7.92. The van der Waals surface area contributed by atoms with Crippen LogP contribution < -0.4 is 15.7 Å². The van der Waals surface area contributed by atoms with Crippen molar-refractivity contribution in [3.05, 3.63) is 77.0 Å². The molecule has 0 spiro atoms. The van der Waals surface area contributed by atoms with Crippen LogP contribution in [0.3, 0.4) is 0 Å². The predicted molar refractivity (Wildman–Crippen MR) is 91.7 cm³/mol. The number of carboxylic acids is 1. The average Bonchev–Trinajstić information content (AvgIpc) is 2.60. The van der Waals surface area contributed by atoms with Crippen molar-refractivity contribution in [2.75, 3.05) is 5.32 Å². The third kappa shape index (κ3) is 4.78. The Hall–Kier alpha value is -3.41. The van der Waals surface area contributed by atoms with Crippen LogP contribution in [-0.2, 0) is 4.79 Å². The standard InChI is InChI=1S/C19H18N2O4/c1-12(2)16(21-17(22)13-7-4-3-5-8-13)18(23)20-15-10-6-9-14(11-15)19(24)25/h3-11H,1-2H3,(H,20,23)(H,21,22)(H,24,25)/p-1. The summed E-state index contributed by atoms with van der Waals surface area (Å²) in [5.74, 6) is -2.29. The van der Waals surface area contributed by atoms with E-state index in [1.807, 2.05) is 0 Å². The molecule has 0 bridgehead atoms. The molecule has 0 aliphatic rings. The molecule has 0 saturated carbocycles. The van der Waals surface area contributed by atoms with Crippen molar-refractivity contribution in [1.29, 1.82) is 0 Å². The smallest absolute Gasteiger partial charge is 0.272 e. The predicted octanol–water partition coefficient (Wildman–Crippen LogP) is 1.71. The molecule has 2 N–H and O–H groups in total. The quantitative estimate of drug-likeness (QED) is 0.812. The lowest BCUT2D eigenvalue weighted by atomic mass is 10.1. The summed E-state index contributed by atoms with van der Waals surface area (Å²) in [5.41, 5.74) is 1.38. The van der Waals surface area contributed by atoms with Crippen LogP contribution in [0.2, 0.25) is 0 Å². The first-order valence-electron chi connectivity index (χ1n) is 7.55. The fourth-order valence-electron chi connectivity index (χ4n) is 2.10. The first kappa shape index (κ1) is 17.9. The largest absolute Gasteiger partial charge is 0.545 e. The zero-order valence-electron chi connectivity index (χ0n) is 13.8. The van der Waals surface area contributed by atoms with Gasteiger partial charge in [-0.2, -0.15) is 0 Å². The molecule has 0 aliphatic carbocycles. The van der Waals surface area contributed by atoms with Gasteiger partial charge in [-0.05, 0) is 49.2 Å². The summed E-state index contributed by atoms with van der Waals surface area (Å²) in [4.78, 5) is 35.6. The van der Waals surface area contributed by atoms with E-state index in [-0.39, 0.29) is 11.3 Å². The fraction of sp³-hybridized carbons (Fsp3) is 0.105. The highest BCUT2D eigenvalue weighted by Gasteiger charge is 2.16. The van der Waals surface area contributed by atoms with Crippen molar-refractivity contribution in [2.45, 2.75) is 13.8 Å². The van der Waals surface area contributed by atoms with Crippen LogP contribution in [-0.4, -0.2) is 17.8 Å². The van der Waals surface area contributed by atoms with Gasteiger partial charge in [0.25, 0.3) is 11.8 Å². The summed E-state index contributed by atoms with van der Waals surface area (Å²) in [6.45, 7) is 3.38. The van der Waals surface area contributed by atoms with Gasteiger partial charge in [0.15, 0.2) is 0 Å². The molecule has 2 aromatic rings. The molecule has 6 heteroatoms. The Morgan fingerprint density at radius 1 is 0.880 bits per heavy atom. The lowest BCUT2D eigenvalue weighted by Gasteiger charge is -2.13. The van der Waals surface area contributed by atoms with Crippen molar-refractivity contribution < 1.29 is 19.5 Å². The highest BCUT2D eigenvalue weighted by molar-refractivity contribution is 6.08. The van der Waals surface area contributed by atoms with Gasteiger partial charge in [0.1, 0.15) is 5.70 Å². The molecule has 0 fully saturated rings. The molecule has 0 radical (unpaired) electrons. The van der Waals surface area contributed by atoms with E-state index in [1.54, 1.807) is 50.2 Å². The van der Waals surface area contributed by atoms with Crippen LogP contribution in [0.4, 0.5) is 5.69 Å². The van der Waals surface area contributed by atoms with Crippen LogP contribution in [0.25, 0.3) is 0 Å². The van der Waals surface area contributed by atoms with Crippen molar-refractivity contribution in [3.8, 4) is 0 Å². The van der Waals surface area contributed by atoms with Gasteiger partial charge in [-0.3, -0.25) is 9.59 Å². The first-order valence-corrected chi connectivity index (χ1v) is 7.55. The van der Waals surface area contributed by atoms with Crippen molar-refractivity contribution >= 4 is 23.5 Å². The molecule has 0 atom stereocenters. The molecular weight excluding hydrogens is 320 g/mol. The van der Waals surface area contributed by atoms with Gasteiger partial charge in [0, 0.05) is 11.3 Å². The van der Waals surface area contributed by atoms with Gasteiger partial charge >= 0.3 is 0 Å². The maximum absolute atomic E-state index is 12.5. The summed E-state index contributed by atoms with van der Waals surface area (Å²) in [6.07, 6.45) is 0. The number of rotatable bonds is 5. The zero-order valence-corrected chi connectivity index (χ0v) is 13.8. The Balaban J connectivity index is 2.17. The number of anilines is 1. The topological polar surface area (TPSA) is 98.3 Å². The Morgan fingerprint density at radius 3 is 2.12 bits per heavy atom. The summed E-state index contributed by atoms with van der Waals surface area (Å²) in [5, 5.41) is 16.1. The van der Waals surface area contributed by atoms with Gasteiger partial charge in [-0.15, -0.1) is 0 Å². The summed E-state index contributed by atoms with van der Waals surface area (Å²) in [7, 11) is 0. The van der Waals surface area contributed by atoms with Gasteiger partial charge < -0.3 is 20.5 Å². The van der Waals surface area contributed by atoms with Gasteiger partial charge in [-0.1, -0.05) is 30.3 Å². The molecule has 2 aromatic carbocycles. The maximum Gasteiger partial charge on any atom is 0.272 e. The van der Waals surface area contributed by atoms with Crippen LogP contribution in [0.5, 0.6) is 0 Å². The third-order valence-corrected chi connectivity index (χ3v) is 3.36. The maximum atomic E-state index is 12.5. The fourth-order valence-corrected chi connectivity index (χ4v) is 2.10. The van der Waals surface area contributed by atoms with Crippen LogP contribution in [0.15, 0.2) is 65.9 Å². The normalized spacial score (nSPS) is 9.84. The summed E-state index contributed by atoms with van der Waals surface area (Å²) >= 11 is 0. The van der Waals surface area contributed by atoms with E-state index in [9.17, 15) is 19.5 Å². The molecule has 2 amide bonds. The second-order valence-electron chi connectivity index (χ2n) is 5.52. The van der Waals surface area contributed by atoms with Gasteiger partial charge in [-0.25, -0.2) is 0 Å². The Bertz CT molecular complexity index is 838. The Kier molecular flexibility index (Phi) is 5.68. The Labute approximate surface area is 145 Å². The minimum atomic E-state index is -1.34. The van der Waals surface area contributed by atoms with E-state index in [1.165, 1.54) is 18.2 Å². The molecule has 128 valence electrons. The Morgan fingerprint density at radius 2 is 1.52 bits per heavy atom. The number of allylic oxidation sites excluding steroid dienone is 1. The second-order valence-corrected chi connectivity index (χ2v) is 5.52. The van der Waals surface area contributed by atoms with Crippen molar-refractivity contribution in [1.82, 2.24) is 5.32 Å². The van der Waals surface area contributed by atoms with E-state index < -0.39 is 17.8 Å². The van der Waals surface area contributed by atoms with Crippen LogP contribution in [0, 0.1) is 0 Å². The van der Waals surface area contributed by atoms with Crippen LogP contribution >= 0.6 is 0 Å². The van der Waals surface area contributed by atoms with E-state index >= 15 is 0 Å². The van der Waals surface area contributed by atoms with E-state index in [0.29, 0.717) is 16.8 Å². The lowest BCUT2D eigenvalue weighted by Crippen LogP contribution is -2.31. The van der Waals surface area contributed by atoms with Crippen molar-refractivity contribution in [2.24, 2.45) is 0 Å². The number of carboxylic acid groups (broad SMARTS) is 1. The number of benzene rings is 2. The minimum absolute atomic E-state index is 0.0510. The monoisotopic (exact) mass is 337 g/mol. The summed E-state index contributed by atoms with van der Waals surface area (Å²) in [6, 6.07) is 14.2. The molecule has 0 aliphatic heterocycles. The van der Waals surface area contributed by atoms with E-state index in [2.05, 4.69) is 10.6 Å². The average molecular weight is 337 g/mol. The number of aromatic carboxylic acids is 1. The van der Waals surface area contributed by atoms with E-state index in [4.69, 9.17) is 0 Å². The van der Waals surface area contributed by atoms with Gasteiger partial charge in [0.05, 0.1) is 5.97 Å². The van der Waals surface area contributed by atoms with Gasteiger partial charge in [0.2, 0.25) is 0 Å². The lowest BCUT2D eigenvalue weighted by molar-refractivity contribution is -0.255. The molecule has 0 aromatic heterocycles. The summed E-state index contributed by atoms with van der Waals surface area (Å²) < 4.78 is 0. The highest BCUT2D eigenvalue weighted by Crippen LogP contribution is 2.12.